The van der Waals surface area contributed by atoms with E-state index in [0.29, 0.717) is 11.1 Å². The van der Waals surface area contributed by atoms with E-state index in [-0.39, 0.29) is 5.82 Å². The van der Waals surface area contributed by atoms with Crippen molar-refractivity contribution in [2.24, 2.45) is 0 Å². The maximum atomic E-state index is 13.0. The van der Waals surface area contributed by atoms with Crippen molar-refractivity contribution in [3.8, 4) is 0 Å². The fourth-order valence-electron chi connectivity index (χ4n) is 1.82. The Morgan fingerprint density at radius 2 is 1.90 bits per heavy atom. The summed E-state index contributed by atoms with van der Waals surface area (Å²) in [6.45, 7) is 2.13. The molecule has 0 aliphatic heterocycles. The van der Waals surface area contributed by atoms with Crippen molar-refractivity contribution in [2.45, 2.75) is 23.6 Å². The van der Waals surface area contributed by atoms with Crippen molar-refractivity contribution >= 4 is 23.4 Å². The van der Waals surface area contributed by atoms with Crippen molar-refractivity contribution < 1.29 is 4.39 Å². The van der Waals surface area contributed by atoms with Crippen LogP contribution in [0.1, 0.15) is 24.1 Å². The minimum absolute atomic E-state index is 0.297. The van der Waals surface area contributed by atoms with Crippen LogP contribution in [0.2, 0.25) is 5.02 Å². The summed E-state index contributed by atoms with van der Waals surface area (Å²) in [4.78, 5) is 1.18. The zero-order valence-corrected chi connectivity index (χ0v) is 13.1. The Bertz CT molecular complexity index is 571. The van der Waals surface area contributed by atoms with Gasteiger partial charge in [-0.3, -0.25) is 0 Å². The van der Waals surface area contributed by atoms with Crippen LogP contribution in [0.3, 0.4) is 0 Å². The molecule has 1 nitrogen and oxygen atoms in total. The average Bonchev–Trinajstić information content (AvgIpc) is 2.46. The molecule has 0 radical (unpaired) electrons. The second-order valence-electron chi connectivity index (χ2n) is 4.60. The molecule has 20 heavy (non-hydrogen) atoms. The molecular weight excluding hydrogens is 293 g/mol. The molecule has 0 fully saturated rings. The summed E-state index contributed by atoms with van der Waals surface area (Å²) in [6.07, 6.45) is 0. The Balaban J connectivity index is 2.00. The van der Waals surface area contributed by atoms with Crippen LogP contribution in [0.5, 0.6) is 0 Å². The fourth-order valence-corrected chi connectivity index (χ4v) is 3.03. The van der Waals surface area contributed by atoms with Crippen LogP contribution in [0.4, 0.5) is 4.39 Å². The normalized spacial score (nSPS) is 12.4. The quantitative estimate of drug-likeness (QED) is 0.775. The van der Waals surface area contributed by atoms with Gasteiger partial charge < -0.3 is 5.32 Å². The third-order valence-electron chi connectivity index (χ3n) is 3.22. The highest BCUT2D eigenvalue weighted by Crippen LogP contribution is 2.28. The van der Waals surface area contributed by atoms with Crippen LogP contribution in [0, 0.1) is 5.82 Å². The molecule has 0 aliphatic carbocycles. The zero-order chi connectivity index (χ0) is 14.5. The smallest absolute Gasteiger partial charge is 0.124 e. The van der Waals surface area contributed by atoms with Crippen molar-refractivity contribution in [3.05, 3.63) is 64.4 Å². The lowest BCUT2D eigenvalue weighted by Gasteiger charge is -2.11. The Morgan fingerprint density at radius 3 is 2.50 bits per heavy atom. The monoisotopic (exact) mass is 309 g/mol. The number of thioether (sulfide) groups is 1. The lowest BCUT2D eigenvalue weighted by molar-refractivity contribution is 0.627. The maximum Gasteiger partial charge on any atom is 0.124 e. The summed E-state index contributed by atoms with van der Waals surface area (Å²) in [5, 5.41) is 3.70. The fraction of sp³-hybridized carbons (Fsp3) is 0.250. The molecule has 0 heterocycles. The van der Waals surface area contributed by atoms with Crippen LogP contribution < -0.4 is 5.32 Å². The second-order valence-corrected chi connectivity index (χ2v) is 6.06. The van der Waals surface area contributed by atoms with E-state index in [1.165, 1.54) is 22.6 Å². The number of halogens is 2. The molecule has 1 N–H and O–H groups in total. The summed E-state index contributed by atoms with van der Waals surface area (Å²) >= 11 is 7.71. The van der Waals surface area contributed by atoms with E-state index in [1.807, 2.05) is 7.05 Å². The SMILES string of the molecule is CNC(C)c1ccc(SCc2ccc(F)cc2Cl)cc1. The maximum absolute atomic E-state index is 13.0. The highest BCUT2D eigenvalue weighted by atomic mass is 35.5. The molecule has 106 valence electrons. The molecule has 2 aromatic carbocycles. The molecule has 0 spiro atoms. The summed E-state index contributed by atoms with van der Waals surface area (Å²) in [5.41, 5.74) is 2.21. The molecular formula is C16H17ClFNS. The highest BCUT2D eigenvalue weighted by molar-refractivity contribution is 7.98. The molecule has 0 saturated heterocycles. The topological polar surface area (TPSA) is 12.0 Å². The molecule has 0 aliphatic rings. The van der Waals surface area contributed by atoms with Gasteiger partial charge in [-0.25, -0.2) is 4.39 Å². The third-order valence-corrected chi connectivity index (χ3v) is 4.64. The number of hydrogen-bond acceptors (Lipinski definition) is 2. The lowest BCUT2D eigenvalue weighted by atomic mass is 10.1. The van der Waals surface area contributed by atoms with E-state index >= 15 is 0 Å². The Kier molecular flexibility index (Phi) is 5.46. The van der Waals surface area contributed by atoms with Gasteiger partial charge in [-0.1, -0.05) is 29.8 Å². The number of hydrogen-bond donors (Lipinski definition) is 1. The first-order valence-corrected chi connectivity index (χ1v) is 7.80. The molecule has 4 heteroatoms. The van der Waals surface area contributed by atoms with E-state index in [2.05, 4.69) is 36.5 Å². The summed E-state index contributed by atoms with van der Waals surface area (Å²) < 4.78 is 13.0. The van der Waals surface area contributed by atoms with Crippen molar-refractivity contribution in [1.29, 1.82) is 0 Å². The molecule has 0 saturated carbocycles. The predicted molar refractivity (Wildman–Crippen MR) is 84.9 cm³/mol. The van der Waals surface area contributed by atoms with Crippen molar-refractivity contribution in [3.63, 3.8) is 0 Å². The van der Waals surface area contributed by atoms with E-state index in [0.717, 1.165) is 11.3 Å². The zero-order valence-electron chi connectivity index (χ0n) is 11.5. The van der Waals surface area contributed by atoms with Gasteiger partial charge in [-0.15, -0.1) is 11.8 Å². The lowest BCUT2D eigenvalue weighted by Crippen LogP contribution is -2.11. The van der Waals surface area contributed by atoms with E-state index in [4.69, 9.17) is 11.6 Å². The summed E-state index contributed by atoms with van der Waals surface area (Å²) in [6, 6.07) is 13.3. The number of nitrogens with one attached hydrogen (secondary N) is 1. The minimum Gasteiger partial charge on any atom is -0.313 e. The Morgan fingerprint density at radius 1 is 1.20 bits per heavy atom. The van der Waals surface area contributed by atoms with Gasteiger partial charge in [0.15, 0.2) is 0 Å². The summed E-state index contributed by atoms with van der Waals surface area (Å²) in [5.74, 6) is 0.439. The standard InChI is InChI=1S/C16H17ClFNS/c1-11(19-2)12-4-7-15(8-5-12)20-10-13-3-6-14(18)9-16(13)17/h3-9,11,19H,10H2,1-2H3. The van der Waals surface area contributed by atoms with Gasteiger partial charge in [0.25, 0.3) is 0 Å². The van der Waals surface area contributed by atoms with Crippen LogP contribution in [0.25, 0.3) is 0 Å². The van der Waals surface area contributed by atoms with Crippen LogP contribution >= 0.6 is 23.4 Å². The van der Waals surface area contributed by atoms with E-state index in [9.17, 15) is 4.39 Å². The van der Waals surface area contributed by atoms with Crippen LogP contribution in [0.15, 0.2) is 47.4 Å². The Hall–Kier alpha value is -1.03. The van der Waals surface area contributed by atoms with E-state index < -0.39 is 0 Å². The molecule has 1 unspecified atom stereocenters. The predicted octanol–water partition coefficient (Wildman–Crippen LogP) is 5.05. The first-order valence-electron chi connectivity index (χ1n) is 6.44. The molecule has 0 bridgehead atoms. The number of benzene rings is 2. The van der Waals surface area contributed by atoms with Gasteiger partial charge in [0.2, 0.25) is 0 Å². The van der Waals surface area contributed by atoms with Gasteiger partial charge in [0.05, 0.1) is 0 Å². The average molecular weight is 310 g/mol. The molecule has 0 amide bonds. The van der Waals surface area contributed by atoms with Gasteiger partial charge >= 0.3 is 0 Å². The van der Waals surface area contributed by atoms with Gasteiger partial charge in [0.1, 0.15) is 5.82 Å². The van der Waals surface area contributed by atoms with Crippen molar-refractivity contribution in [1.82, 2.24) is 5.32 Å². The molecule has 2 rings (SSSR count). The molecule has 0 aromatic heterocycles. The van der Waals surface area contributed by atoms with Gasteiger partial charge in [-0.2, -0.15) is 0 Å². The second kappa shape index (κ2) is 7.11. The molecule has 2 aromatic rings. The largest absolute Gasteiger partial charge is 0.313 e. The van der Waals surface area contributed by atoms with Crippen LogP contribution in [-0.2, 0) is 5.75 Å². The Labute approximate surface area is 128 Å². The van der Waals surface area contributed by atoms with Crippen LogP contribution in [-0.4, -0.2) is 7.05 Å². The van der Waals surface area contributed by atoms with Gasteiger partial charge in [0, 0.05) is 21.7 Å². The van der Waals surface area contributed by atoms with E-state index in [1.54, 1.807) is 17.8 Å². The minimum atomic E-state index is -0.297. The highest BCUT2D eigenvalue weighted by Gasteiger charge is 2.05. The summed E-state index contributed by atoms with van der Waals surface area (Å²) in [7, 11) is 1.95. The first-order chi connectivity index (χ1) is 9.60. The van der Waals surface area contributed by atoms with Crippen molar-refractivity contribution in [2.75, 3.05) is 7.05 Å². The third kappa shape index (κ3) is 3.98. The number of rotatable bonds is 5. The van der Waals surface area contributed by atoms with Gasteiger partial charge in [-0.05, 0) is 49.4 Å². The molecule has 1 atom stereocenters. The first kappa shape index (κ1) is 15.4.